The maximum Gasteiger partial charge on any atom is 0.238 e. The number of amides is 1. The largest absolute Gasteiger partial charge is 0.397 e. The number of nitrogens with one attached hydrogen (secondary N) is 1. The van der Waals surface area contributed by atoms with Gasteiger partial charge in [-0.25, -0.2) is 0 Å². The molecule has 1 heterocycles. The van der Waals surface area contributed by atoms with Crippen LogP contribution in [-0.4, -0.2) is 30.4 Å². The van der Waals surface area contributed by atoms with E-state index in [1.54, 1.807) is 18.2 Å². The first-order valence-electron chi connectivity index (χ1n) is 6.72. The number of carbonyl (C=O) groups is 1. The number of hydrogen-bond donors (Lipinski definition) is 2. The fraction of sp³-hybridized carbons (Fsp3) is 0.500. The fourth-order valence-electron chi connectivity index (χ4n) is 2.32. The molecule has 1 fully saturated rings. The maximum atomic E-state index is 12.0. The van der Waals surface area contributed by atoms with Gasteiger partial charge in [-0.1, -0.05) is 24.4 Å². The zero-order valence-corrected chi connectivity index (χ0v) is 11.7. The SMILES string of the molecule is Nc1cc(NC(=O)CN2CCCCCC2)ccc1Cl. The molecule has 19 heavy (non-hydrogen) atoms. The van der Waals surface area contributed by atoms with Gasteiger partial charge < -0.3 is 11.1 Å². The van der Waals surface area contributed by atoms with Gasteiger partial charge in [0.1, 0.15) is 0 Å². The molecule has 1 aliphatic heterocycles. The summed E-state index contributed by atoms with van der Waals surface area (Å²) >= 11 is 5.85. The minimum absolute atomic E-state index is 0.00335. The number of halogens is 1. The van der Waals surface area contributed by atoms with Gasteiger partial charge in [-0.3, -0.25) is 9.69 Å². The number of likely N-dealkylation sites (tertiary alicyclic amines) is 1. The van der Waals surface area contributed by atoms with E-state index in [1.807, 2.05) is 0 Å². The van der Waals surface area contributed by atoms with Crippen molar-refractivity contribution in [2.45, 2.75) is 25.7 Å². The van der Waals surface area contributed by atoms with Crippen LogP contribution in [-0.2, 0) is 4.79 Å². The van der Waals surface area contributed by atoms with Crippen LogP contribution in [0.2, 0.25) is 5.02 Å². The summed E-state index contributed by atoms with van der Waals surface area (Å²) in [6, 6.07) is 5.14. The second-order valence-electron chi connectivity index (χ2n) is 4.97. The Labute approximate surface area is 118 Å². The Morgan fingerprint density at radius 2 is 1.95 bits per heavy atom. The normalized spacial score (nSPS) is 16.9. The van der Waals surface area contributed by atoms with Crippen LogP contribution in [0.4, 0.5) is 11.4 Å². The smallest absolute Gasteiger partial charge is 0.238 e. The second-order valence-corrected chi connectivity index (χ2v) is 5.38. The summed E-state index contributed by atoms with van der Waals surface area (Å²) in [7, 11) is 0. The molecule has 1 aliphatic rings. The van der Waals surface area contributed by atoms with Gasteiger partial charge in [0.2, 0.25) is 5.91 Å². The van der Waals surface area contributed by atoms with E-state index in [-0.39, 0.29) is 5.91 Å². The molecule has 0 atom stereocenters. The summed E-state index contributed by atoms with van der Waals surface area (Å²) in [5.74, 6) is 0.00335. The van der Waals surface area contributed by atoms with Crippen molar-refractivity contribution in [3.63, 3.8) is 0 Å². The highest BCUT2D eigenvalue weighted by Crippen LogP contribution is 2.22. The zero-order valence-electron chi connectivity index (χ0n) is 11.0. The topological polar surface area (TPSA) is 58.4 Å². The van der Waals surface area contributed by atoms with Gasteiger partial charge in [0.05, 0.1) is 17.3 Å². The van der Waals surface area contributed by atoms with Crippen molar-refractivity contribution < 1.29 is 4.79 Å². The molecule has 0 bridgehead atoms. The Kier molecular flexibility index (Phi) is 5.05. The summed E-state index contributed by atoms with van der Waals surface area (Å²) < 4.78 is 0. The maximum absolute atomic E-state index is 12.0. The Balaban J connectivity index is 1.87. The highest BCUT2D eigenvalue weighted by molar-refractivity contribution is 6.33. The number of hydrogen-bond acceptors (Lipinski definition) is 3. The molecule has 1 aromatic carbocycles. The average molecular weight is 282 g/mol. The van der Waals surface area contributed by atoms with Crippen LogP contribution in [0.15, 0.2) is 18.2 Å². The Morgan fingerprint density at radius 1 is 1.26 bits per heavy atom. The average Bonchev–Trinajstić information content (AvgIpc) is 2.62. The number of nitrogens with two attached hydrogens (primary N) is 1. The van der Waals surface area contributed by atoms with Crippen LogP contribution in [0.3, 0.4) is 0 Å². The van der Waals surface area contributed by atoms with E-state index in [0.29, 0.717) is 22.9 Å². The van der Waals surface area contributed by atoms with Crippen molar-refractivity contribution in [3.05, 3.63) is 23.2 Å². The first kappa shape index (κ1) is 14.2. The van der Waals surface area contributed by atoms with Crippen molar-refractivity contribution in [3.8, 4) is 0 Å². The van der Waals surface area contributed by atoms with Crippen LogP contribution >= 0.6 is 11.6 Å². The van der Waals surface area contributed by atoms with Gasteiger partial charge in [-0.15, -0.1) is 0 Å². The molecule has 104 valence electrons. The number of carbonyl (C=O) groups excluding carboxylic acids is 1. The van der Waals surface area contributed by atoms with E-state index >= 15 is 0 Å². The summed E-state index contributed by atoms with van der Waals surface area (Å²) in [5, 5.41) is 3.36. The molecule has 0 saturated carbocycles. The third-order valence-electron chi connectivity index (χ3n) is 3.35. The standard InChI is InChI=1S/C14H20ClN3O/c15-12-6-5-11(9-13(12)16)17-14(19)10-18-7-3-1-2-4-8-18/h5-6,9H,1-4,7-8,10,16H2,(H,17,19). The van der Waals surface area contributed by atoms with Gasteiger partial charge in [0.25, 0.3) is 0 Å². The number of benzene rings is 1. The monoisotopic (exact) mass is 281 g/mol. The summed E-state index contributed by atoms with van der Waals surface area (Å²) in [6.45, 7) is 2.47. The molecular weight excluding hydrogens is 262 g/mol. The molecule has 0 aromatic heterocycles. The molecule has 5 heteroatoms. The van der Waals surface area contributed by atoms with E-state index < -0.39 is 0 Å². The summed E-state index contributed by atoms with van der Waals surface area (Å²) in [4.78, 5) is 14.2. The number of anilines is 2. The number of rotatable bonds is 3. The summed E-state index contributed by atoms with van der Waals surface area (Å²) in [5.41, 5.74) is 6.88. The van der Waals surface area contributed by atoms with E-state index in [1.165, 1.54) is 25.7 Å². The molecule has 2 rings (SSSR count). The van der Waals surface area contributed by atoms with Crippen LogP contribution in [0.25, 0.3) is 0 Å². The first-order valence-corrected chi connectivity index (χ1v) is 7.10. The minimum Gasteiger partial charge on any atom is -0.397 e. The Morgan fingerprint density at radius 3 is 2.58 bits per heavy atom. The highest BCUT2D eigenvalue weighted by atomic mass is 35.5. The Bertz CT molecular complexity index is 442. The zero-order chi connectivity index (χ0) is 13.7. The number of nitrogens with zero attached hydrogens (tertiary/aromatic N) is 1. The second kappa shape index (κ2) is 6.78. The summed E-state index contributed by atoms with van der Waals surface area (Å²) in [6.07, 6.45) is 4.90. The highest BCUT2D eigenvalue weighted by Gasteiger charge is 2.13. The lowest BCUT2D eigenvalue weighted by molar-refractivity contribution is -0.117. The van der Waals surface area contributed by atoms with Crippen LogP contribution in [0, 0.1) is 0 Å². The van der Waals surface area contributed by atoms with E-state index in [4.69, 9.17) is 17.3 Å². The lowest BCUT2D eigenvalue weighted by Crippen LogP contribution is -2.33. The molecule has 0 radical (unpaired) electrons. The lowest BCUT2D eigenvalue weighted by atomic mass is 10.2. The third-order valence-corrected chi connectivity index (χ3v) is 3.69. The molecule has 1 aromatic rings. The van der Waals surface area contributed by atoms with Gasteiger partial charge in [0, 0.05) is 5.69 Å². The molecule has 4 nitrogen and oxygen atoms in total. The Hall–Kier alpha value is -1.26. The van der Waals surface area contributed by atoms with Gasteiger partial charge in [0.15, 0.2) is 0 Å². The molecular formula is C14H20ClN3O. The van der Waals surface area contributed by atoms with Crippen LogP contribution in [0.5, 0.6) is 0 Å². The van der Waals surface area contributed by atoms with Crippen molar-refractivity contribution in [1.29, 1.82) is 0 Å². The molecule has 0 aliphatic carbocycles. The lowest BCUT2D eigenvalue weighted by Gasteiger charge is -2.19. The number of nitrogen functional groups attached to an aromatic ring is 1. The predicted octanol–water partition coefficient (Wildman–Crippen LogP) is 2.74. The predicted molar refractivity (Wildman–Crippen MR) is 79.4 cm³/mol. The first-order chi connectivity index (χ1) is 9.15. The fourth-order valence-corrected chi connectivity index (χ4v) is 2.44. The van der Waals surface area contributed by atoms with E-state index in [9.17, 15) is 4.79 Å². The third kappa shape index (κ3) is 4.40. The minimum atomic E-state index is 0.00335. The van der Waals surface area contributed by atoms with Crippen LogP contribution < -0.4 is 11.1 Å². The van der Waals surface area contributed by atoms with Crippen molar-refractivity contribution >= 4 is 28.9 Å². The molecule has 1 saturated heterocycles. The van der Waals surface area contributed by atoms with Crippen molar-refractivity contribution in [2.75, 3.05) is 30.7 Å². The quantitative estimate of drug-likeness (QED) is 0.838. The van der Waals surface area contributed by atoms with Crippen molar-refractivity contribution in [2.24, 2.45) is 0 Å². The van der Waals surface area contributed by atoms with Gasteiger partial charge >= 0.3 is 0 Å². The molecule has 0 spiro atoms. The van der Waals surface area contributed by atoms with Crippen LogP contribution in [0.1, 0.15) is 25.7 Å². The van der Waals surface area contributed by atoms with Crippen molar-refractivity contribution in [1.82, 2.24) is 4.90 Å². The van der Waals surface area contributed by atoms with E-state index in [2.05, 4.69) is 10.2 Å². The molecule has 1 amide bonds. The van der Waals surface area contributed by atoms with Gasteiger partial charge in [-0.2, -0.15) is 0 Å². The van der Waals surface area contributed by atoms with E-state index in [0.717, 1.165) is 13.1 Å². The molecule has 0 unspecified atom stereocenters. The van der Waals surface area contributed by atoms with Gasteiger partial charge in [-0.05, 0) is 44.1 Å². The molecule has 3 N–H and O–H groups in total.